The Bertz CT molecular complexity index is 1210. The van der Waals surface area contributed by atoms with E-state index in [1.807, 2.05) is 60.0 Å². The zero-order chi connectivity index (χ0) is 21.2. The molecule has 0 radical (unpaired) electrons. The number of aryl methyl sites for hydroxylation is 2. The quantitative estimate of drug-likeness (QED) is 0.506. The van der Waals surface area contributed by atoms with Crippen LogP contribution in [0.1, 0.15) is 41.6 Å². The van der Waals surface area contributed by atoms with Crippen molar-refractivity contribution in [2.45, 2.75) is 39.3 Å². The molecular weight excluding hydrogens is 388 g/mol. The average Bonchev–Trinajstić information content (AvgIpc) is 3.21. The van der Waals surface area contributed by atoms with Gasteiger partial charge in [-0.25, -0.2) is 4.52 Å². The third kappa shape index (κ3) is 3.48. The minimum absolute atomic E-state index is 0.0941. The summed E-state index contributed by atoms with van der Waals surface area (Å²) >= 11 is 0. The number of carbonyl (C=O) groups excluding carboxylic acids is 1. The highest BCUT2D eigenvalue weighted by Crippen LogP contribution is 2.36. The van der Waals surface area contributed by atoms with Gasteiger partial charge in [-0.05, 0) is 43.9 Å². The van der Waals surface area contributed by atoms with Gasteiger partial charge in [0.15, 0.2) is 5.82 Å². The third-order valence-electron chi connectivity index (χ3n) is 5.79. The molecule has 0 unspecified atom stereocenters. The summed E-state index contributed by atoms with van der Waals surface area (Å²) in [7, 11) is 0. The fourth-order valence-electron chi connectivity index (χ4n) is 4.45. The van der Waals surface area contributed by atoms with E-state index in [2.05, 4.69) is 22.0 Å². The summed E-state index contributed by atoms with van der Waals surface area (Å²) in [5, 5.41) is 7.87. The van der Waals surface area contributed by atoms with Gasteiger partial charge in [0, 0.05) is 24.2 Å². The number of nitrogens with zero attached hydrogens (tertiary/aromatic N) is 3. The zero-order valence-electron chi connectivity index (χ0n) is 17.7. The Morgan fingerprint density at radius 1 is 1.06 bits per heavy atom. The Morgan fingerprint density at radius 3 is 2.55 bits per heavy atom. The van der Waals surface area contributed by atoms with Gasteiger partial charge >= 0.3 is 0 Å². The topological polar surface area (TPSA) is 60.6 Å². The first-order valence-electron chi connectivity index (χ1n) is 10.9. The van der Waals surface area contributed by atoms with Crippen molar-refractivity contribution in [2.24, 2.45) is 0 Å². The molecule has 158 valence electrons. The molecule has 1 aliphatic heterocycles. The zero-order valence-corrected chi connectivity index (χ0v) is 17.7. The van der Waals surface area contributed by atoms with E-state index in [4.69, 9.17) is 9.84 Å². The second-order valence-corrected chi connectivity index (χ2v) is 7.79. The largest absolute Gasteiger partial charge is 0.486 e. The minimum Gasteiger partial charge on any atom is -0.486 e. The van der Waals surface area contributed by atoms with Crippen LogP contribution in [0.4, 0.5) is 0 Å². The standard InChI is InChI=1S/C25H26N4O2/c1-2-26-24(30)23-22(18-11-5-3-6-12-18)20-15-9-10-16-28-21(27-29(23)25(20)28)17-31-19-13-7-4-8-14-19/h3-8,11-14H,2,9-10,15-17H2,1H3,(H,26,30). The van der Waals surface area contributed by atoms with E-state index >= 15 is 0 Å². The van der Waals surface area contributed by atoms with Crippen LogP contribution >= 0.6 is 0 Å². The highest BCUT2D eigenvalue weighted by molar-refractivity contribution is 6.02. The SMILES string of the molecule is CCNC(=O)c1c(-c2ccccc2)c2c3n(c(COc4ccccc4)nn13)CCCC2. The van der Waals surface area contributed by atoms with Gasteiger partial charge < -0.3 is 14.6 Å². The number of para-hydroxylation sites is 1. The molecule has 0 spiro atoms. The normalized spacial score (nSPS) is 13.2. The maximum Gasteiger partial charge on any atom is 0.270 e. The summed E-state index contributed by atoms with van der Waals surface area (Å²) in [5.41, 5.74) is 4.88. The molecule has 1 N–H and O–H groups in total. The van der Waals surface area contributed by atoms with Gasteiger partial charge in [-0.1, -0.05) is 48.5 Å². The minimum atomic E-state index is -0.0941. The molecule has 0 atom stereocenters. The summed E-state index contributed by atoms with van der Waals surface area (Å²) < 4.78 is 10.1. The van der Waals surface area contributed by atoms with Crippen molar-refractivity contribution in [1.29, 1.82) is 0 Å². The van der Waals surface area contributed by atoms with Crippen LogP contribution in [0.3, 0.4) is 0 Å². The van der Waals surface area contributed by atoms with Crippen molar-refractivity contribution < 1.29 is 9.53 Å². The molecule has 5 rings (SSSR count). The summed E-state index contributed by atoms with van der Waals surface area (Å²) in [4.78, 5) is 13.2. The van der Waals surface area contributed by atoms with Gasteiger partial charge in [-0.3, -0.25) is 4.79 Å². The van der Waals surface area contributed by atoms with Gasteiger partial charge in [0.05, 0.1) is 0 Å². The Kier molecular flexibility index (Phi) is 5.20. The van der Waals surface area contributed by atoms with E-state index in [-0.39, 0.29) is 5.91 Å². The predicted molar refractivity (Wildman–Crippen MR) is 120 cm³/mol. The van der Waals surface area contributed by atoms with E-state index in [0.29, 0.717) is 18.8 Å². The van der Waals surface area contributed by atoms with Crippen LogP contribution in [-0.4, -0.2) is 26.6 Å². The molecule has 0 saturated carbocycles. The number of ether oxygens (including phenoxy) is 1. The molecule has 4 aromatic rings. The van der Waals surface area contributed by atoms with E-state index in [1.54, 1.807) is 0 Å². The molecule has 6 nitrogen and oxygen atoms in total. The molecule has 1 aliphatic rings. The van der Waals surface area contributed by atoms with Crippen molar-refractivity contribution >= 4 is 11.6 Å². The fraction of sp³-hybridized carbons (Fsp3) is 0.280. The van der Waals surface area contributed by atoms with E-state index in [9.17, 15) is 4.79 Å². The lowest BCUT2D eigenvalue weighted by atomic mass is 9.98. The van der Waals surface area contributed by atoms with Crippen LogP contribution in [0.25, 0.3) is 16.8 Å². The number of rotatable bonds is 6. The number of benzene rings is 2. The second-order valence-electron chi connectivity index (χ2n) is 7.79. The molecule has 3 heterocycles. The maximum atomic E-state index is 13.2. The summed E-state index contributed by atoms with van der Waals surface area (Å²) in [5.74, 6) is 1.56. The average molecular weight is 415 g/mol. The first-order valence-corrected chi connectivity index (χ1v) is 10.9. The van der Waals surface area contributed by atoms with Crippen molar-refractivity contribution in [1.82, 2.24) is 19.5 Å². The predicted octanol–water partition coefficient (Wildman–Crippen LogP) is 4.47. The summed E-state index contributed by atoms with van der Waals surface area (Å²) in [6.07, 6.45) is 3.08. The third-order valence-corrected chi connectivity index (χ3v) is 5.79. The van der Waals surface area contributed by atoms with Crippen LogP contribution in [0.5, 0.6) is 5.75 Å². The summed E-state index contributed by atoms with van der Waals surface area (Å²) in [6.45, 7) is 3.74. The van der Waals surface area contributed by atoms with Crippen LogP contribution in [-0.2, 0) is 19.6 Å². The number of aromatic nitrogens is 3. The van der Waals surface area contributed by atoms with E-state index in [1.165, 1.54) is 5.56 Å². The Hall–Kier alpha value is -3.54. The Labute approximate surface area is 181 Å². The molecular formula is C25H26N4O2. The maximum absolute atomic E-state index is 13.2. The lowest BCUT2D eigenvalue weighted by Gasteiger charge is -2.09. The number of amides is 1. The van der Waals surface area contributed by atoms with Crippen molar-refractivity contribution in [3.63, 3.8) is 0 Å². The van der Waals surface area contributed by atoms with Gasteiger partial charge in [-0.2, -0.15) is 0 Å². The van der Waals surface area contributed by atoms with Gasteiger partial charge in [-0.15, -0.1) is 5.10 Å². The first-order chi connectivity index (χ1) is 15.3. The van der Waals surface area contributed by atoms with E-state index < -0.39 is 0 Å². The van der Waals surface area contributed by atoms with Crippen LogP contribution < -0.4 is 10.1 Å². The smallest absolute Gasteiger partial charge is 0.270 e. The number of carbonyl (C=O) groups is 1. The Balaban J connectivity index is 1.67. The van der Waals surface area contributed by atoms with Crippen molar-refractivity contribution in [3.05, 3.63) is 77.7 Å². The van der Waals surface area contributed by atoms with Crippen molar-refractivity contribution in [2.75, 3.05) is 6.54 Å². The molecule has 31 heavy (non-hydrogen) atoms. The van der Waals surface area contributed by atoms with Gasteiger partial charge in [0.2, 0.25) is 0 Å². The van der Waals surface area contributed by atoms with Crippen LogP contribution in [0.2, 0.25) is 0 Å². The molecule has 6 heteroatoms. The molecule has 2 aromatic heterocycles. The lowest BCUT2D eigenvalue weighted by molar-refractivity contribution is 0.0949. The summed E-state index contributed by atoms with van der Waals surface area (Å²) in [6, 6.07) is 19.9. The highest BCUT2D eigenvalue weighted by atomic mass is 16.5. The Morgan fingerprint density at radius 2 is 1.81 bits per heavy atom. The first kappa shape index (κ1) is 19.4. The molecule has 1 amide bonds. The van der Waals surface area contributed by atoms with Crippen LogP contribution in [0.15, 0.2) is 60.7 Å². The number of hydrogen-bond acceptors (Lipinski definition) is 3. The molecule has 2 aromatic carbocycles. The molecule has 0 bridgehead atoms. The monoisotopic (exact) mass is 414 g/mol. The molecule has 0 saturated heterocycles. The van der Waals surface area contributed by atoms with Gasteiger partial charge in [0.1, 0.15) is 23.7 Å². The number of nitrogens with one attached hydrogen (secondary N) is 1. The molecule has 0 aliphatic carbocycles. The lowest BCUT2D eigenvalue weighted by Crippen LogP contribution is -2.25. The van der Waals surface area contributed by atoms with Crippen LogP contribution in [0, 0.1) is 0 Å². The number of hydrogen-bond donors (Lipinski definition) is 1. The van der Waals surface area contributed by atoms with Gasteiger partial charge in [0.25, 0.3) is 5.91 Å². The highest BCUT2D eigenvalue weighted by Gasteiger charge is 2.30. The fourth-order valence-corrected chi connectivity index (χ4v) is 4.45. The van der Waals surface area contributed by atoms with E-state index in [0.717, 1.165) is 54.2 Å². The van der Waals surface area contributed by atoms with Crippen molar-refractivity contribution in [3.8, 4) is 16.9 Å². The molecule has 0 fully saturated rings. The second kappa shape index (κ2) is 8.30.